The van der Waals surface area contributed by atoms with Crippen LogP contribution >= 0.6 is 0 Å². The molecule has 174 valence electrons. The zero-order chi connectivity index (χ0) is 23.5. The molecule has 2 atom stereocenters. The molecule has 2 N–H and O–H groups in total. The third-order valence-electron chi connectivity index (χ3n) is 5.96. The largest absolute Gasteiger partial charge is 0.431 e. The summed E-state index contributed by atoms with van der Waals surface area (Å²) in [5.41, 5.74) is -3.70. The number of hydrogen-bond acceptors (Lipinski definition) is 6. The first-order valence-electron chi connectivity index (χ1n) is 9.90. The van der Waals surface area contributed by atoms with Crippen molar-refractivity contribution in [3.63, 3.8) is 0 Å². The van der Waals surface area contributed by atoms with Crippen molar-refractivity contribution in [3.8, 4) is 11.5 Å². The fourth-order valence-electron chi connectivity index (χ4n) is 3.93. The number of rotatable bonds is 5. The maximum Gasteiger partial charge on any atom is 0.431 e. The summed E-state index contributed by atoms with van der Waals surface area (Å²) in [5.74, 6) is -3.76. The molecule has 32 heavy (non-hydrogen) atoms. The second kappa shape index (κ2) is 7.27. The molecule has 13 heteroatoms. The number of likely N-dealkylation sites (tertiary alicyclic amines) is 1. The lowest BCUT2D eigenvalue weighted by molar-refractivity contribution is -0.141. The Bertz CT molecular complexity index is 1100. The Morgan fingerprint density at radius 2 is 1.97 bits per heavy atom. The standard InChI is InChI=1S/C19H20F5N5O3/c1-9(2)12(15(31)29-6-5-17(8-29)7-18(17,20)21)26-16-28-27-14(32-16)10-3-4-11(19(22,23)24)25-13(10)30/h3-4,9,12H,5-8H2,1-2H3,(H,25,30)(H,26,28)/t12-,17?/m1/s1. The molecule has 1 saturated heterocycles. The van der Waals surface area contributed by atoms with Crippen LogP contribution in [-0.4, -0.2) is 51.0 Å². The van der Waals surface area contributed by atoms with E-state index in [0.717, 1.165) is 6.07 Å². The Balaban J connectivity index is 1.49. The van der Waals surface area contributed by atoms with Crippen LogP contribution < -0.4 is 10.9 Å². The monoisotopic (exact) mass is 461 g/mol. The zero-order valence-corrected chi connectivity index (χ0v) is 17.1. The molecule has 2 aromatic rings. The van der Waals surface area contributed by atoms with Gasteiger partial charge in [0.1, 0.15) is 17.3 Å². The SMILES string of the molecule is CC(C)[C@@H](Nc1nnc(-c2ccc(C(F)(F)F)[nH]c2=O)o1)C(=O)N1CCC2(C1)CC2(F)F. The highest BCUT2D eigenvalue weighted by Crippen LogP contribution is 2.65. The predicted octanol–water partition coefficient (Wildman–Crippen LogP) is 3.14. The van der Waals surface area contributed by atoms with Crippen molar-refractivity contribution in [1.82, 2.24) is 20.1 Å². The van der Waals surface area contributed by atoms with Gasteiger partial charge in [0.05, 0.1) is 5.41 Å². The molecule has 1 aliphatic heterocycles. The average molecular weight is 461 g/mol. The van der Waals surface area contributed by atoms with Crippen molar-refractivity contribution < 1.29 is 31.2 Å². The summed E-state index contributed by atoms with van der Waals surface area (Å²) in [4.78, 5) is 28.0. The number of carbonyl (C=O) groups is 1. The van der Waals surface area contributed by atoms with Crippen molar-refractivity contribution in [2.75, 3.05) is 18.4 Å². The molecule has 4 rings (SSSR count). The van der Waals surface area contributed by atoms with Crippen molar-refractivity contribution in [2.45, 2.75) is 44.8 Å². The first-order valence-corrected chi connectivity index (χ1v) is 9.90. The Hall–Kier alpha value is -2.99. The van der Waals surface area contributed by atoms with Gasteiger partial charge in [-0.3, -0.25) is 9.59 Å². The molecule has 1 amide bonds. The Morgan fingerprint density at radius 3 is 2.50 bits per heavy atom. The third kappa shape index (κ3) is 3.84. The number of aromatic nitrogens is 3. The van der Waals surface area contributed by atoms with E-state index in [1.807, 2.05) is 0 Å². The third-order valence-corrected chi connectivity index (χ3v) is 5.96. The second-order valence-electron chi connectivity index (χ2n) is 8.56. The molecule has 2 fully saturated rings. The van der Waals surface area contributed by atoms with Crippen LogP contribution in [0.25, 0.3) is 11.5 Å². The lowest BCUT2D eigenvalue weighted by Crippen LogP contribution is -2.45. The number of nitrogens with zero attached hydrogens (tertiary/aromatic N) is 3. The highest BCUT2D eigenvalue weighted by Gasteiger charge is 2.73. The Labute approximate surface area is 178 Å². The number of hydrogen-bond donors (Lipinski definition) is 2. The lowest BCUT2D eigenvalue weighted by atomic mass is 10.0. The molecule has 1 unspecified atom stereocenters. The maximum absolute atomic E-state index is 13.6. The van der Waals surface area contributed by atoms with E-state index in [-0.39, 0.29) is 49.3 Å². The number of aromatic amines is 1. The number of halogens is 5. The number of pyridine rings is 1. The van der Waals surface area contributed by atoms with Gasteiger partial charge in [0, 0.05) is 19.5 Å². The van der Waals surface area contributed by atoms with Crippen LogP contribution in [0, 0.1) is 11.3 Å². The number of nitrogens with one attached hydrogen (secondary N) is 2. The Kier molecular flexibility index (Phi) is 5.05. The van der Waals surface area contributed by atoms with Gasteiger partial charge in [-0.25, -0.2) is 8.78 Å². The smallest absolute Gasteiger partial charge is 0.403 e. The molecule has 8 nitrogen and oxygen atoms in total. The van der Waals surface area contributed by atoms with Crippen LogP contribution in [-0.2, 0) is 11.0 Å². The summed E-state index contributed by atoms with van der Waals surface area (Å²) >= 11 is 0. The van der Waals surface area contributed by atoms with Crippen LogP contribution in [0.5, 0.6) is 0 Å². The van der Waals surface area contributed by atoms with Gasteiger partial charge in [-0.2, -0.15) is 13.2 Å². The van der Waals surface area contributed by atoms with Gasteiger partial charge in [0.2, 0.25) is 5.91 Å². The predicted molar refractivity (Wildman–Crippen MR) is 101 cm³/mol. The normalized spacial score (nSPS) is 23.1. The van der Waals surface area contributed by atoms with E-state index in [2.05, 4.69) is 15.5 Å². The summed E-state index contributed by atoms with van der Waals surface area (Å²) in [5, 5.41) is 10.1. The van der Waals surface area contributed by atoms with E-state index in [1.54, 1.807) is 18.8 Å². The molecule has 1 saturated carbocycles. The van der Waals surface area contributed by atoms with E-state index in [9.17, 15) is 31.5 Å². The lowest BCUT2D eigenvalue weighted by Gasteiger charge is -2.26. The second-order valence-corrected chi connectivity index (χ2v) is 8.56. The fraction of sp³-hybridized carbons (Fsp3) is 0.579. The van der Waals surface area contributed by atoms with Gasteiger partial charge in [0.25, 0.3) is 17.4 Å². The minimum atomic E-state index is -4.72. The van der Waals surface area contributed by atoms with Crippen molar-refractivity contribution >= 4 is 11.9 Å². The van der Waals surface area contributed by atoms with Gasteiger partial charge in [-0.15, -0.1) is 5.10 Å². The molecular formula is C19H20F5N5O3. The minimum Gasteiger partial charge on any atom is -0.403 e. The van der Waals surface area contributed by atoms with Gasteiger partial charge in [0.15, 0.2) is 0 Å². The van der Waals surface area contributed by atoms with Gasteiger partial charge in [-0.05, 0) is 24.5 Å². The van der Waals surface area contributed by atoms with E-state index in [1.165, 1.54) is 4.90 Å². The molecule has 1 aliphatic carbocycles. The van der Waals surface area contributed by atoms with Crippen molar-refractivity contribution in [1.29, 1.82) is 0 Å². The number of amides is 1. The van der Waals surface area contributed by atoms with Crippen LogP contribution in [0.3, 0.4) is 0 Å². The van der Waals surface area contributed by atoms with Crippen LogP contribution in [0.1, 0.15) is 32.4 Å². The van der Waals surface area contributed by atoms with Crippen LogP contribution in [0.4, 0.5) is 28.0 Å². The maximum atomic E-state index is 13.6. The topological polar surface area (TPSA) is 104 Å². The van der Waals surface area contributed by atoms with E-state index in [0.29, 0.717) is 6.07 Å². The van der Waals surface area contributed by atoms with E-state index in [4.69, 9.17) is 4.42 Å². The first kappa shape index (κ1) is 22.2. The molecule has 3 heterocycles. The van der Waals surface area contributed by atoms with E-state index >= 15 is 0 Å². The summed E-state index contributed by atoms with van der Waals surface area (Å²) in [6.45, 7) is 3.67. The fourth-order valence-corrected chi connectivity index (χ4v) is 3.93. The number of H-pyrrole nitrogens is 1. The van der Waals surface area contributed by atoms with Crippen LogP contribution in [0.2, 0.25) is 0 Å². The number of anilines is 1. The molecule has 2 aliphatic rings. The Morgan fingerprint density at radius 1 is 1.28 bits per heavy atom. The zero-order valence-electron chi connectivity index (χ0n) is 17.1. The highest BCUT2D eigenvalue weighted by atomic mass is 19.4. The minimum absolute atomic E-state index is 0.0280. The summed E-state index contributed by atoms with van der Waals surface area (Å²) in [6, 6.07) is 0.489. The summed E-state index contributed by atoms with van der Waals surface area (Å²) in [7, 11) is 0. The summed E-state index contributed by atoms with van der Waals surface area (Å²) < 4.78 is 70.8. The number of carbonyl (C=O) groups excluding carboxylic acids is 1. The highest BCUT2D eigenvalue weighted by molar-refractivity contribution is 5.85. The summed E-state index contributed by atoms with van der Waals surface area (Å²) in [6.07, 6.45) is -4.71. The molecule has 0 radical (unpaired) electrons. The van der Waals surface area contributed by atoms with Crippen molar-refractivity contribution in [3.05, 3.63) is 28.2 Å². The van der Waals surface area contributed by atoms with Gasteiger partial charge in [-0.1, -0.05) is 18.9 Å². The molecule has 0 aromatic carbocycles. The van der Waals surface area contributed by atoms with Crippen LogP contribution in [0.15, 0.2) is 21.3 Å². The van der Waals surface area contributed by atoms with Gasteiger partial charge >= 0.3 is 12.2 Å². The first-order chi connectivity index (χ1) is 14.8. The molecule has 0 bridgehead atoms. The van der Waals surface area contributed by atoms with Crippen molar-refractivity contribution in [2.24, 2.45) is 11.3 Å². The molecular weight excluding hydrogens is 441 g/mol. The quantitative estimate of drug-likeness (QED) is 0.663. The average Bonchev–Trinajstić information content (AvgIpc) is 3.08. The molecule has 1 spiro atoms. The molecule has 2 aromatic heterocycles. The van der Waals surface area contributed by atoms with Gasteiger partial charge < -0.3 is 19.6 Å². The number of alkyl halides is 5. The van der Waals surface area contributed by atoms with E-state index < -0.39 is 40.7 Å².